The Bertz CT molecular complexity index is 693. The summed E-state index contributed by atoms with van der Waals surface area (Å²) >= 11 is 0. The molecule has 1 amide bonds. The number of nitrogens with one attached hydrogen (secondary N) is 1. The first-order valence-corrected chi connectivity index (χ1v) is 6.45. The highest BCUT2D eigenvalue weighted by Crippen LogP contribution is 2.17. The van der Waals surface area contributed by atoms with Gasteiger partial charge < -0.3 is 5.32 Å². The number of hydrogen-bond donors (Lipinski definition) is 1. The molecule has 0 radical (unpaired) electrons. The van der Waals surface area contributed by atoms with Gasteiger partial charge in [-0.05, 0) is 44.0 Å². The first kappa shape index (κ1) is 14.7. The van der Waals surface area contributed by atoms with Crippen molar-refractivity contribution in [3.8, 4) is 0 Å². The summed E-state index contributed by atoms with van der Waals surface area (Å²) in [6.45, 7) is 5.59. The Labute approximate surface area is 121 Å². The van der Waals surface area contributed by atoms with Crippen LogP contribution in [0.25, 0.3) is 0 Å². The molecule has 21 heavy (non-hydrogen) atoms. The van der Waals surface area contributed by atoms with E-state index in [1.165, 1.54) is 10.9 Å². The lowest BCUT2D eigenvalue weighted by molar-refractivity contribution is -0.385. The normalized spacial score (nSPS) is 12.0. The summed E-state index contributed by atoms with van der Waals surface area (Å²) in [5.74, 6) is -0.281. The topological polar surface area (TPSA) is 90.1 Å². The molecular weight excluding hydrogens is 272 g/mol. The fraction of sp³-hybridized carbons (Fsp3) is 0.286. The van der Waals surface area contributed by atoms with Gasteiger partial charge in [0.1, 0.15) is 18.4 Å². The quantitative estimate of drug-likeness (QED) is 0.691. The van der Waals surface area contributed by atoms with Crippen molar-refractivity contribution in [2.45, 2.75) is 26.8 Å². The Morgan fingerprint density at radius 3 is 2.67 bits per heavy atom. The van der Waals surface area contributed by atoms with Crippen LogP contribution in [0.1, 0.15) is 24.1 Å². The molecule has 0 saturated carbocycles. The van der Waals surface area contributed by atoms with E-state index in [4.69, 9.17) is 0 Å². The molecule has 2 rings (SSSR count). The monoisotopic (exact) mass is 288 g/mol. The Morgan fingerprint density at radius 1 is 1.38 bits per heavy atom. The second-order valence-corrected chi connectivity index (χ2v) is 4.90. The van der Waals surface area contributed by atoms with Crippen LogP contribution in [-0.4, -0.2) is 20.6 Å². The lowest BCUT2D eigenvalue weighted by Gasteiger charge is -2.13. The zero-order chi connectivity index (χ0) is 15.6. The molecule has 0 bridgehead atoms. The Hall–Kier alpha value is -2.70. The predicted octanol–water partition coefficient (Wildman–Crippen LogP) is 2.61. The Balaban J connectivity index is 2.11. The van der Waals surface area contributed by atoms with E-state index in [0.29, 0.717) is 5.69 Å². The summed E-state index contributed by atoms with van der Waals surface area (Å²) in [7, 11) is 0. The van der Waals surface area contributed by atoms with E-state index in [0.717, 1.165) is 17.3 Å². The summed E-state index contributed by atoms with van der Waals surface area (Å²) in [5.41, 5.74) is 2.77. The Morgan fingerprint density at radius 2 is 2.10 bits per heavy atom. The number of carbonyl (C=O) groups excluding carboxylic acids is 1. The van der Waals surface area contributed by atoms with Gasteiger partial charge in [0, 0.05) is 5.69 Å². The van der Waals surface area contributed by atoms with E-state index in [9.17, 15) is 14.9 Å². The van der Waals surface area contributed by atoms with Crippen molar-refractivity contribution >= 4 is 17.3 Å². The highest BCUT2D eigenvalue weighted by Gasteiger charge is 2.19. The molecule has 1 atom stereocenters. The molecule has 1 aromatic heterocycles. The minimum Gasteiger partial charge on any atom is -0.324 e. The lowest BCUT2D eigenvalue weighted by Crippen LogP contribution is -2.24. The van der Waals surface area contributed by atoms with Gasteiger partial charge in [-0.2, -0.15) is 5.10 Å². The van der Waals surface area contributed by atoms with Gasteiger partial charge in [-0.25, -0.2) is 0 Å². The van der Waals surface area contributed by atoms with Crippen molar-refractivity contribution in [3.63, 3.8) is 0 Å². The second kappa shape index (κ2) is 5.74. The minimum atomic E-state index is -0.639. The number of nitrogens with zero attached hydrogens (tertiary/aromatic N) is 3. The number of rotatable bonds is 4. The van der Waals surface area contributed by atoms with Crippen molar-refractivity contribution in [1.82, 2.24) is 9.78 Å². The maximum atomic E-state index is 12.1. The summed E-state index contributed by atoms with van der Waals surface area (Å²) in [4.78, 5) is 22.2. The molecule has 0 saturated heterocycles. The largest absolute Gasteiger partial charge is 0.324 e. The number of benzene rings is 1. The van der Waals surface area contributed by atoms with Crippen LogP contribution in [0.2, 0.25) is 0 Å². The summed E-state index contributed by atoms with van der Waals surface area (Å²) in [5, 5.41) is 17.2. The maximum Gasteiger partial charge on any atom is 0.307 e. The molecule has 7 heteroatoms. The van der Waals surface area contributed by atoms with E-state index in [1.807, 2.05) is 32.0 Å². The molecule has 7 nitrogen and oxygen atoms in total. The second-order valence-electron chi connectivity index (χ2n) is 4.90. The Kier molecular flexibility index (Phi) is 4.02. The molecular formula is C14H16N4O3. The summed E-state index contributed by atoms with van der Waals surface area (Å²) in [6.07, 6.45) is 2.37. The maximum absolute atomic E-state index is 12.1. The van der Waals surface area contributed by atoms with Crippen LogP contribution in [0.3, 0.4) is 0 Å². The van der Waals surface area contributed by atoms with Crippen molar-refractivity contribution in [1.29, 1.82) is 0 Å². The molecule has 0 aliphatic rings. The molecule has 110 valence electrons. The van der Waals surface area contributed by atoms with E-state index < -0.39 is 11.0 Å². The van der Waals surface area contributed by atoms with Crippen LogP contribution in [0, 0.1) is 24.0 Å². The van der Waals surface area contributed by atoms with Crippen LogP contribution in [0.4, 0.5) is 11.4 Å². The average molecular weight is 288 g/mol. The first-order chi connectivity index (χ1) is 9.88. The van der Waals surface area contributed by atoms with Gasteiger partial charge in [0.2, 0.25) is 5.91 Å². The first-order valence-electron chi connectivity index (χ1n) is 6.45. The van der Waals surface area contributed by atoms with E-state index in [-0.39, 0.29) is 11.6 Å². The van der Waals surface area contributed by atoms with Gasteiger partial charge in [0.05, 0.1) is 4.92 Å². The molecule has 0 fully saturated rings. The fourth-order valence-electron chi connectivity index (χ4n) is 1.82. The van der Waals surface area contributed by atoms with Crippen LogP contribution < -0.4 is 5.32 Å². The molecule has 1 aromatic carbocycles. The standard InChI is InChI=1S/C14H16N4O3/c1-9-4-5-12(6-10(9)2)16-14(19)11(3)17-8-13(7-15-17)18(20)21/h4-8,11H,1-3H3,(H,16,19)/t11-/m1/s1. The van der Waals surface area contributed by atoms with Gasteiger partial charge in [-0.3, -0.25) is 19.6 Å². The number of hydrogen-bond acceptors (Lipinski definition) is 4. The van der Waals surface area contributed by atoms with Crippen LogP contribution in [0.5, 0.6) is 0 Å². The lowest BCUT2D eigenvalue weighted by atomic mass is 10.1. The van der Waals surface area contributed by atoms with Crippen LogP contribution >= 0.6 is 0 Å². The van der Waals surface area contributed by atoms with Crippen molar-refractivity contribution < 1.29 is 9.72 Å². The zero-order valence-corrected chi connectivity index (χ0v) is 12.0. The highest BCUT2D eigenvalue weighted by atomic mass is 16.6. The number of amides is 1. The number of aromatic nitrogens is 2. The molecule has 0 spiro atoms. The zero-order valence-electron chi connectivity index (χ0n) is 12.0. The summed E-state index contributed by atoms with van der Waals surface area (Å²) < 4.78 is 1.27. The number of carbonyl (C=O) groups is 1. The smallest absolute Gasteiger partial charge is 0.307 e. The fourth-order valence-corrected chi connectivity index (χ4v) is 1.82. The SMILES string of the molecule is Cc1ccc(NC(=O)[C@@H](C)n2cc([N+](=O)[O-])cn2)cc1C. The van der Waals surface area contributed by atoms with Crippen molar-refractivity contribution in [2.75, 3.05) is 5.32 Å². The third kappa shape index (κ3) is 3.25. The highest BCUT2D eigenvalue weighted by molar-refractivity contribution is 5.93. The predicted molar refractivity (Wildman–Crippen MR) is 78.1 cm³/mol. The number of aryl methyl sites for hydroxylation is 2. The molecule has 0 aliphatic carbocycles. The number of nitro groups is 1. The van der Waals surface area contributed by atoms with Crippen LogP contribution in [-0.2, 0) is 4.79 Å². The van der Waals surface area contributed by atoms with Gasteiger partial charge in [0.25, 0.3) is 0 Å². The third-order valence-corrected chi connectivity index (χ3v) is 3.35. The number of anilines is 1. The van der Waals surface area contributed by atoms with Gasteiger partial charge in [0.15, 0.2) is 0 Å². The van der Waals surface area contributed by atoms with E-state index in [1.54, 1.807) is 6.92 Å². The molecule has 0 unspecified atom stereocenters. The molecule has 1 N–H and O–H groups in total. The minimum absolute atomic E-state index is 0.138. The molecule has 1 heterocycles. The van der Waals surface area contributed by atoms with Crippen LogP contribution in [0.15, 0.2) is 30.6 Å². The van der Waals surface area contributed by atoms with Crippen molar-refractivity contribution in [2.24, 2.45) is 0 Å². The molecule has 0 aliphatic heterocycles. The average Bonchev–Trinajstić information content (AvgIpc) is 2.92. The van der Waals surface area contributed by atoms with Gasteiger partial charge in [-0.15, -0.1) is 0 Å². The third-order valence-electron chi connectivity index (χ3n) is 3.35. The van der Waals surface area contributed by atoms with E-state index in [2.05, 4.69) is 10.4 Å². The summed E-state index contributed by atoms with van der Waals surface area (Å²) in [6, 6.07) is 4.98. The van der Waals surface area contributed by atoms with Crippen molar-refractivity contribution in [3.05, 3.63) is 51.8 Å². The van der Waals surface area contributed by atoms with Gasteiger partial charge >= 0.3 is 5.69 Å². The van der Waals surface area contributed by atoms with E-state index >= 15 is 0 Å². The molecule has 2 aromatic rings. The van der Waals surface area contributed by atoms with Gasteiger partial charge in [-0.1, -0.05) is 6.07 Å².